The number of hydrogen-bond acceptors (Lipinski definition) is 3. The maximum atomic E-state index is 9.43. The molecule has 0 aromatic heterocycles. The highest BCUT2D eigenvalue weighted by Crippen LogP contribution is 2.30. The van der Waals surface area contributed by atoms with Crippen LogP contribution in [0.3, 0.4) is 0 Å². The van der Waals surface area contributed by atoms with Crippen molar-refractivity contribution in [3.05, 3.63) is 34.3 Å². The molecule has 3 N–H and O–H groups in total. The molecular formula is C16H25BrN2O. The minimum Gasteiger partial charge on any atom is -0.396 e. The van der Waals surface area contributed by atoms with E-state index in [1.165, 1.54) is 5.56 Å². The lowest BCUT2D eigenvalue weighted by atomic mass is 9.91. The highest BCUT2D eigenvalue weighted by atomic mass is 79.9. The van der Waals surface area contributed by atoms with E-state index in [2.05, 4.69) is 52.0 Å². The number of piperidine rings is 1. The molecule has 0 radical (unpaired) electrons. The van der Waals surface area contributed by atoms with E-state index in [9.17, 15) is 5.11 Å². The van der Waals surface area contributed by atoms with Gasteiger partial charge in [-0.1, -0.05) is 35.0 Å². The van der Waals surface area contributed by atoms with Crippen molar-refractivity contribution in [3.8, 4) is 0 Å². The van der Waals surface area contributed by atoms with Gasteiger partial charge in [0.25, 0.3) is 0 Å². The molecule has 0 spiro atoms. The van der Waals surface area contributed by atoms with Crippen molar-refractivity contribution in [2.24, 2.45) is 11.7 Å². The average Bonchev–Trinajstić information content (AvgIpc) is 2.49. The molecule has 3 unspecified atom stereocenters. The fourth-order valence-electron chi connectivity index (χ4n) is 3.11. The largest absolute Gasteiger partial charge is 0.396 e. The average molecular weight is 341 g/mol. The molecule has 20 heavy (non-hydrogen) atoms. The van der Waals surface area contributed by atoms with Crippen LogP contribution in [0.15, 0.2) is 28.7 Å². The number of nitrogens with two attached hydrogens (primary N) is 1. The van der Waals surface area contributed by atoms with Crippen LogP contribution in [-0.4, -0.2) is 35.7 Å². The third kappa shape index (κ3) is 3.82. The van der Waals surface area contributed by atoms with Crippen LogP contribution in [0.2, 0.25) is 0 Å². The van der Waals surface area contributed by atoms with Crippen molar-refractivity contribution in [3.63, 3.8) is 0 Å². The summed E-state index contributed by atoms with van der Waals surface area (Å²) >= 11 is 3.49. The molecule has 1 aromatic carbocycles. The van der Waals surface area contributed by atoms with Gasteiger partial charge in [-0.15, -0.1) is 0 Å². The van der Waals surface area contributed by atoms with Crippen molar-refractivity contribution < 1.29 is 5.11 Å². The van der Waals surface area contributed by atoms with Crippen LogP contribution >= 0.6 is 15.9 Å². The molecule has 1 aliphatic rings. The standard InChI is InChI=1S/C16H25BrN2O/c1-2-15(18)16(13-5-7-14(17)8-6-13)19-9-3-4-12(10-19)11-20/h5-8,12,15-16,20H,2-4,9-11,18H2,1H3. The van der Waals surface area contributed by atoms with Crippen molar-refractivity contribution in [1.29, 1.82) is 0 Å². The molecule has 1 fully saturated rings. The Hall–Kier alpha value is -0.420. The zero-order valence-corrected chi connectivity index (χ0v) is 13.7. The monoisotopic (exact) mass is 340 g/mol. The Morgan fingerprint density at radius 3 is 2.70 bits per heavy atom. The summed E-state index contributed by atoms with van der Waals surface area (Å²) in [5.74, 6) is 0.394. The van der Waals surface area contributed by atoms with Crippen LogP contribution in [-0.2, 0) is 0 Å². The highest BCUT2D eigenvalue weighted by Gasteiger charge is 2.29. The Morgan fingerprint density at radius 2 is 2.10 bits per heavy atom. The molecule has 112 valence electrons. The van der Waals surface area contributed by atoms with Gasteiger partial charge in [-0.3, -0.25) is 4.90 Å². The molecule has 3 nitrogen and oxygen atoms in total. The van der Waals surface area contributed by atoms with Gasteiger partial charge in [-0.2, -0.15) is 0 Å². The van der Waals surface area contributed by atoms with Crippen LogP contribution in [0.4, 0.5) is 0 Å². The Bertz CT molecular complexity index is 409. The van der Waals surface area contributed by atoms with Crippen LogP contribution in [0.1, 0.15) is 37.8 Å². The van der Waals surface area contributed by atoms with Crippen molar-refractivity contribution in [2.75, 3.05) is 19.7 Å². The Kier molecular flexibility index (Phi) is 6.02. The third-order valence-electron chi connectivity index (χ3n) is 4.29. The Labute approximate surface area is 130 Å². The summed E-state index contributed by atoms with van der Waals surface area (Å²) in [5, 5.41) is 9.43. The topological polar surface area (TPSA) is 49.5 Å². The lowest BCUT2D eigenvalue weighted by Gasteiger charge is -2.40. The van der Waals surface area contributed by atoms with E-state index in [-0.39, 0.29) is 18.7 Å². The Morgan fingerprint density at radius 1 is 1.40 bits per heavy atom. The first-order valence-electron chi connectivity index (χ1n) is 7.51. The SMILES string of the molecule is CCC(N)C(c1ccc(Br)cc1)N1CCCC(CO)C1. The van der Waals surface area contributed by atoms with Crippen LogP contribution in [0.25, 0.3) is 0 Å². The molecule has 3 atom stereocenters. The molecule has 0 amide bonds. The fourth-order valence-corrected chi connectivity index (χ4v) is 3.38. The second-order valence-corrected chi connectivity index (χ2v) is 6.67. The van der Waals surface area contributed by atoms with Gasteiger partial charge in [-0.25, -0.2) is 0 Å². The van der Waals surface area contributed by atoms with E-state index in [1.54, 1.807) is 0 Å². The number of hydrogen-bond donors (Lipinski definition) is 2. The van der Waals surface area contributed by atoms with Gasteiger partial charge in [0.1, 0.15) is 0 Å². The maximum absolute atomic E-state index is 9.43. The van der Waals surface area contributed by atoms with E-state index in [0.717, 1.165) is 36.8 Å². The predicted molar refractivity (Wildman–Crippen MR) is 86.5 cm³/mol. The van der Waals surface area contributed by atoms with E-state index in [4.69, 9.17) is 5.73 Å². The summed E-state index contributed by atoms with van der Waals surface area (Å²) in [4.78, 5) is 2.46. The summed E-state index contributed by atoms with van der Waals surface area (Å²) in [6.07, 6.45) is 3.23. The number of aliphatic hydroxyl groups excluding tert-OH is 1. The maximum Gasteiger partial charge on any atom is 0.0499 e. The molecule has 1 heterocycles. The summed E-state index contributed by atoms with van der Waals surface area (Å²) in [6.45, 7) is 4.45. The predicted octanol–water partition coefficient (Wildman–Crippen LogP) is 2.93. The van der Waals surface area contributed by atoms with Gasteiger partial charge in [0.05, 0.1) is 0 Å². The zero-order chi connectivity index (χ0) is 14.5. The number of benzene rings is 1. The van der Waals surface area contributed by atoms with Crippen molar-refractivity contribution >= 4 is 15.9 Å². The number of aliphatic hydroxyl groups is 1. The first kappa shape index (κ1) is 16.0. The quantitative estimate of drug-likeness (QED) is 0.866. The van der Waals surface area contributed by atoms with Crippen LogP contribution in [0.5, 0.6) is 0 Å². The van der Waals surface area contributed by atoms with E-state index in [1.807, 2.05) is 0 Å². The van der Waals surface area contributed by atoms with E-state index in [0.29, 0.717) is 5.92 Å². The van der Waals surface area contributed by atoms with E-state index < -0.39 is 0 Å². The fraction of sp³-hybridized carbons (Fsp3) is 0.625. The van der Waals surface area contributed by atoms with Gasteiger partial charge in [0, 0.05) is 29.7 Å². The molecule has 1 saturated heterocycles. The van der Waals surface area contributed by atoms with E-state index >= 15 is 0 Å². The van der Waals surface area contributed by atoms with Crippen LogP contribution in [0, 0.1) is 5.92 Å². The number of rotatable bonds is 5. The van der Waals surface area contributed by atoms with Gasteiger partial charge in [0.2, 0.25) is 0 Å². The first-order valence-corrected chi connectivity index (χ1v) is 8.31. The molecule has 4 heteroatoms. The van der Waals surface area contributed by atoms with Crippen LogP contribution < -0.4 is 5.73 Å². The summed E-state index contributed by atoms with van der Waals surface area (Å²) in [5.41, 5.74) is 7.67. The summed E-state index contributed by atoms with van der Waals surface area (Å²) in [6, 6.07) is 8.87. The molecule has 0 bridgehead atoms. The molecule has 1 aromatic rings. The third-order valence-corrected chi connectivity index (χ3v) is 4.82. The highest BCUT2D eigenvalue weighted by molar-refractivity contribution is 9.10. The Balaban J connectivity index is 2.20. The second kappa shape index (κ2) is 7.55. The second-order valence-electron chi connectivity index (χ2n) is 5.75. The molecule has 0 saturated carbocycles. The smallest absolute Gasteiger partial charge is 0.0499 e. The van der Waals surface area contributed by atoms with Gasteiger partial charge >= 0.3 is 0 Å². The van der Waals surface area contributed by atoms with Crippen molar-refractivity contribution in [2.45, 2.75) is 38.3 Å². The number of nitrogens with zero attached hydrogens (tertiary/aromatic N) is 1. The normalized spacial score (nSPS) is 23.5. The minimum absolute atomic E-state index is 0.133. The van der Waals surface area contributed by atoms with Gasteiger partial charge < -0.3 is 10.8 Å². The number of halogens is 1. The lowest BCUT2D eigenvalue weighted by molar-refractivity contribution is 0.0763. The number of likely N-dealkylation sites (tertiary alicyclic amines) is 1. The molecule has 2 rings (SSSR count). The summed E-state index contributed by atoms with van der Waals surface area (Å²) < 4.78 is 1.09. The molecular weight excluding hydrogens is 316 g/mol. The van der Waals surface area contributed by atoms with Crippen molar-refractivity contribution in [1.82, 2.24) is 4.90 Å². The lowest BCUT2D eigenvalue weighted by Crippen LogP contribution is -2.46. The minimum atomic E-state index is 0.133. The van der Waals surface area contributed by atoms with Gasteiger partial charge in [0.15, 0.2) is 0 Å². The zero-order valence-electron chi connectivity index (χ0n) is 12.1. The molecule has 1 aliphatic heterocycles. The van der Waals surface area contributed by atoms with Gasteiger partial charge in [-0.05, 0) is 49.4 Å². The first-order chi connectivity index (χ1) is 9.65. The summed E-state index contributed by atoms with van der Waals surface area (Å²) in [7, 11) is 0. The molecule has 0 aliphatic carbocycles.